The summed E-state index contributed by atoms with van der Waals surface area (Å²) in [6.07, 6.45) is 8.88. The number of ether oxygens (including phenoxy) is 2. The predicted molar refractivity (Wildman–Crippen MR) is 213 cm³/mol. The van der Waals surface area contributed by atoms with Crippen LogP contribution in [-0.4, -0.2) is 72.1 Å². The molecule has 0 fully saturated rings. The molecule has 2 N–H and O–H groups in total. The van der Waals surface area contributed by atoms with Gasteiger partial charge in [0.15, 0.2) is 10.6 Å². The standard InChI is InChI=1S/C39H48N4O4S.CH4O3S/c1-5-19-43-28-40-25-35(43)27-48(45)37-16-12-34(13-17-37)41-39(44)32-8-7-20-42(26-29(3)4)38-18-11-31(23-33(38)24-32)30-9-14-36(15-10-30)47-22-21-46-6-2;1-5(2,3)4/h9-18,23-25,28-29H,5-8,19-22,26-27H2,1-4H3,(H,41,44);1H3,(H,2,3,4). The first kappa shape index (κ1) is 41.6. The molecule has 1 amide bonds. The molecule has 1 aliphatic heterocycles. The molecule has 0 bridgehead atoms. The number of aromatic nitrogens is 2. The number of carbonyl (C=O) groups is 1. The van der Waals surface area contributed by atoms with Crippen LogP contribution in [0.3, 0.4) is 0 Å². The van der Waals surface area contributed by atoms with Crippen LogP contribution < -0.4 is 15.0 Å². The number of imidazole rings is 1. The van der Waals surface area contributed by atoms with Crippen LogP contribution >= 0.6 is 0 Å². The van der Waals surface area contributed by atoms with Crippen LogP contribution in [0.5, 0.6) is 5.75 Å². The number of hydrogen-bond donors (Lipinski definition) is 2. The fourth-order valence-electron chi connectivity index (χ4n) is 5.92. The lowest BCUT2D eigenvalue weighted by molar-refractivity contribution is -0.112. The lowest BCUT2D eigenvalue weighted by Gasteiger charge is -2.30. The van der Waals surface area contributed by atoms with Crippen molar-refractivity contribution in [3.63, 3.8) is 0 Å². The van der Waals surface area contributed by atoms with E-state index in [1.54, 1.807) is 12.5 Å². The third-order valence-electron chi connectivity index (χ3n) is 8.25. The zero-order valence-corrected chi connectivity index (χ0v) is 32.9. The number of carbonyl (C=O) groups excluding carboxylic acids is 1. The third-order valence-corrected chi connectivity index (χ3v) is 9.61. The zero-order valence-electron chi connectivity index (χ0n) is 31.3. The lowest BCUT2D eigenvalue weighted by atomic mass is 9.96. The summed E-state index contributed by atoms with van der Waals surface area (Å²) in [5, 5.41) is 3.09. The Kier molecular flexibility index (Phi) is 16.0. The van der Waals surface area contributed by atoms with E-state index in [4.69, 9.17) is 14.0 Å². The molecule has 3 aromatic carbocycles. The molecule has 2 heterocycles. The van der Waals surface area contributed by atoms with Gasteiger partial charge in [0.05, 0.1) is 31.1 Å². The topological polar surface area (TPSA) is 146 Å². The molecule has 1 unspecified atom stereocenters. The van der Waals surface area contributed by atoms with Crippen LogP contribution in [0, 0.1) is 5.92 Å². The Morgan fingerprint density at radius 2 is 1.74 bits per heavy atom. The molecule has 5 rings (SSSR count). The van der Waals surface area contributed by atoms with Crippen molar-refractivity contribution >= 4 is 44.7 Å². The number of anilines is 2. The van der Waals surface area contributed by atoms with E-state index in [9.17, 15) is 17.8 Å². The number of benzene rings is 3. The predicted octanol–water partition coefficient (Wildman–Crippen LogP) is 7.47. The maximum Gasteiger partial charge on any atom is 0.261 e. The van der Waals surface area contributed by atoms with Crippen molar-refractivity contribution in [1.82, 2.24) is 9.55 Å². The van der Waals surface area contributed by atoms with E-state index in [1.165, 1.54) is 0 Å². The number of amides is 1. The van der Waals surface area contributed by atoms with Crippen molar-refractivity contribution in [2.45, 2.75) is 64.2 Å². The zero-order chi connectivity index (χ0) is 38.4. The Morgan fingerprint density at radius 3 is 2.40 bits per heavy atom. The van der Waals surface area contributed by atoms with Gasteiger partial charge in [-0.3, -0.25) is 9.35 Å². The van der Waals surface area contributed by atoms with Gasteiger partial charge in [-0.05, 0) is 115 Å². The maximum absolute atomic E-state index is 13.7. The molecular weight excluding hydrogens is 713 g/mol. The van der Waals surface area contributed by atoms with Gasteiger partial charge in [-0.15, -0.1) is 0 Å². The van der Waals surface area contributed by atoms with E-state index in [2.05, 4.69) is 76.9 Å². The van der Waals surface area contributed by atoms with Gasteiger partial charge in [-0.25, -0.2) is 4.98 Å². The third kappa shape index (κ3) is 13.7. The van der Waals surface area contributed by atoms with E-state index in [0.717, 1.165) is 76.8 Å². The Bertz CT molecular complexity index is 1880. The molecule has 0 saturated heterocycles. The summed E-state index contributed by atoms with van der Waals surface area (Å²) in [5.41, 5.74) is 6.71. The van der Waals surface area contributed by atoms with Crippen LogP contribution in [0.4, 0.5) is 11.4 Å². The fraction of sp³-hybridized carbons (Fsp3) is 0.400. The van der Waals surface area contributed by atoms with Gasteiger partial charge >= 0.3 is 0 Å². The SMILES string of the molecule is CCCn1cncc1C[S+]([O-])c1ccc(NC(=O)C2=Cc3cc(-c4ccc(OCCOCC)cc4)ccc3N(CC(C)C)CCC2)cc1.CS(=O)(=O)O. The fourth-order valence-corrected chi connectivity index (χ4v) is 7.04. The average Bonchev–Trinajstić information content (AvgIpc) is 3.54. The van der Waals surface area contributed by atoms with Crippen LogP contribution in [-0.2, 0) is 43.1 Å². The average molecular weight is 765 g/mol. The Morgan fingerprint density at radius 1 is 1.04 bits per heavy atom. The second kappa shape index (κ2) is 20.4. The van der Waals surface area contributed by atoms with E-state index in [-0.39, 0.29) is 5.91 Å². The molecule has 0 spiro atoms. The maximum atomic E-state index is 13.7. The van der Waals surface area contributed by atoms with Gasteiger partial charge < -0.3 is 28.8 Å². The molecule has 0 saturated carbocycles. The van der Waals surface area contributed by atoms with Gasteiger partial charge in [-0.1, -0.05) is 39.0 Å². The summed E-state index contributed by atoms with van der Waals surface area (Å²) in [6.45, 7) is 13.0. The molecule has 13 heteroatoms. The molecule has 286 valence electrons. The second-order valence-electron chi connectivity index (χ2n) is 13.2. The number of nitrogens with one attached hydrogen (secondary N) is 1. The van der Waals surface area contributed by atoms with Gasteiger partial charge in [0, 0.05) is 43.2 Å². The largest absolute Gasteiger partial charge is 0.611 e. The summed E-state index contributed by atoms with van der Waals surface area (Å²) in [5.74, 6) is 1.61. The molecule has 4 aromatic rings. The Hall–Kier alpha value is -4.14. The normalized spacial score (nSPS) is 13.6. The molecule has 0 radical (unpaired) electrons. The first-order valence-corrected chi connectivity index (χ1v) is 21.1. The van der Waals surface area contributed by atoms with Crippen molar-refractivity contribution in [3.05, 3.63) is 96.1 Å². The molecular formula is C40H52N4O7S2. The Balaban J connectivity index is 0.00000117. The molecule has 11 nitrogen and oxygen atoms in total. The van der Waals surface area contributed by atoms with E-state index >= 15 is 0 Å². The number of hydrogen-bond acceptors (Lipinski definition) is 8. The second-order valence-corrected chi connectivity index (χ2v) is 16.2. The smallest absolute Gasteiger partial charge is 0.261 e. The van der Waals surface area contributed by atoms with E-state index in [1.807, 2.05) is 43.3 Å². The molecule has 1 aliphatic rings. The van der Waals surface area contributed by atoms with E-state index < -0.39 is 21.3 Å². The highest BCUT2D eigenvalue weighted by Crippen LogP contribution is 2.33. The van der Waals surface area contributed by atoms with E-state index in [0.29, 0.717) is 49.9 Å². The van der Waals surface area contributed by atoms with Crippen molar-refractivity contribution in [3.8, 4) is 16.9 Å². The lowest BCUT2D eigenvalue weighted by Crippen LogP contribution is -2.30. The molecule has 1 atom stereocenters. The highest BCUT2D eigenvalue weighted by molar-refractivity contribution is 7.90. The quantitative estimate of drug-likeness (QED) is 0.0716. The van der Waals surface area contributed by atoms with Crippen molar-refractivity contribution in [2.24, 2.45) is 5.92 Å². The summed E-state index contributed by atoms with van der Waals surface area (Å²) >= 11 is -1.21. The number of aryl methyl sites for hydroxylation is 1. The summed E-state index contributed by atoms with van der Waals surface area (Å²) < 4.78 is 52.2. The Labute approximate surface area is 317 Å². The number of rotatable bonds is 15. The van der Waals surface area contributed by atoms with Crippen LogP contribution in [0.1, 0.15) is 58.2 Å². The molecule has 53 heavy (non-hydrogen) atoms. The summed E-state index contributed by atoms with van der Waals surface area (Å²) in [7, 11) is -3.67. The van der Waals surface area contributed by atoms with Gasteiger partial charge in [0.1, 0.15) is 12.4 Å². The summed E-state index contributed by atoms with van der Waals surface area (Å²) in [4.78, 5) is 21.1. The highest BCUT2D eigenvalue weighted by Gasteiger charge is 2.20. The monoisotopic (exact) mass is 764 g/mol. The van der Waals surface area contributed by atoms with Crippen LogP contribution in [0.2, 0.25) is 0 Å². The number of nitrogens with zero attached hydrogens (tertiary/aromatic N) is 3. The van der Waals surface area contributed by atoms with Crippen molar-refractivity contribution in [2.75, 3.05) is 49.4 Å². The minimum atomic E-state index is -3.67. The molecule has 0 aliphatic carbocycles. The first-order chi connectivity index (χ1) is 25.3. The van der Waals surface area contributed by atoms with Gasteiger partial charge in [-0.2, -0.15) is 8.42 Å². The van der Waals surface area contributed by atoms with Gasteiger partial charge in [0.25, 0.3) is 16.0 Å². The minimum absolute atomic E-state index is 0.116. The highest BCUT2D eigenvalue weighted by atomic mass is 32.2. The minimum Gasteiger partial charge on any atom is -0.611 e. The number of fused-ring (bicyclic) bond motifs is 1. The van der Waals surface area contributed by atoms with Gasteiger partial charge in [0.2, 0.25) is 0 Å². The molecule has 1 aromatic heterocycles. The van der Waals surface area contributed by atoms with Crippen LogP contribution in [0.15, 0.2) is 89.7 Å². The van der Waals surface area contributed by atoms with Crippen molar-refractivity contribution in [1.29, 1.82) is 0 Å². The van der Waals surface area contributed by atoms with Crippen LogP contribution in [0.25, 0.3) is 17.2 Å². The summed E-state index contributed by atoms with van der Waals surface area (Å²) in [6, 6.07) is 22.0. The first-order valence-electron chi connectivity index (χ1n) is 18.0. The van der Waals surface area contributed by atoms with Crippen molar-refractivity contribution < 1.29 is 31.8 Å².